The van der Waals surface area contributed by atoms with Gasteiger partial charge < -0.3 is 10.4 Å². The van der Waals surface area contributed by atoms with Crippen LogP contribution in [-0.4, -0.2) is 42.7 Å². The van der Waals surface area contributed by atoms with Crippen molar-refractivity contribution in [3.8, 4) is 16.3 Å². The highest BCUT2D eigenvalue weighted by atomic mass is 32.1. The first-order chi connectivity index (χ1) is 12.6. The molecule has 0 aliphatic carbocycles. The van der Waals surface area contributed by atoms with E-state index in [2.05, 4.69) is 20.5 Å². The van der Waals surface area contributed by atoms with E-state index >= 15 is 0 Å². The normalized spacial score (nSPS) is 16.1. The van der Waals surface area contributed by atoms with Crippen LogP contribution in [0.25, 0.3) is 31.8 Å². The third-order valence-electron chi connectivity index (χ3n) is 4.84. The molecule has 0 unspecified atom stereocenters. The number of thiazole rings is 1. The number of benzene rings is 1. The van der Waals surface area contributed by atoms with Crippen LogP contribution in [0.1, 0.15) is 18.9 Å². The Bertz CT molecular complexity index is 1090. The van der Waals surface area contributed by atoms with E-state index in [1.54, 1.807) is 19.3 Å². The van der Waals surface area contributed by atoms with Gasteiger partial charge in [0.05, 0.1) is 17.8 Å². The molecule has 4 heterocycles. The molecule has 4 aromatic rings. The highest BCUT2D eigenvalue weighted by molar-refractivity contribution is 7.21. The number of rotatable bonds is 2. The van der Waals surface area contributed by atoms with Gasteiger partial charge in [-0.15, -0.1) is 0 Å². The van der Waals surface area contributed by atoms with E-state index in [9.17, 15) is 9.50 Å². The highest BCUT2D eigenvalue weighted by Crippen LogP contribution is 2.39. The molecule has 0 saturated carbocycles. The van der Waals surface area contributed by atoms with Gasteiger partial charge in [0, 0.05) is 18.6 Å². The molecule has 0 bridgehead atoms. The Morgan fingerprint density at radius 2 is 2.08 bits per heavy atom. The number of aryl methyl sites for hydroxylation is 1. The zero-order valence-corrected chi connectivity index (χ0v) is 14.9. The lowest BCUT2D eigenvalue weighted by Gasteiger charge is -2.22. The van der Waals surface area contributed by atoms with Crippen LogP contribution in [0.5, 0.6) is 5.75 Å². The van der Waals surface area contributed by atoms with Gasteiger partial charge >= 0.3 is 0 Å². The van der Waals surface area contributed by atoms with E-state index in [-0.39, 0.29) is 5.52 Å². The summed E-state index contributed by atoms with van der Waals surface area (Å²) in [6, 6.07) is 2.11. The number of aromatic nitrogens is 5. The minimum Gasteiger partial charge on any atom is -0.504 e. The van der Waals surface area contributed by atoms with E-state index in [1.165, 1.54) is 16.0 Å². The maximum atomic E-state index is 14.5. The number of aromatic hydroxyl groups is 1. The van der Waals surface area contributed by atoms with Crippen LogP contribution in [0.2, 0.25) is 0 Å². The fourth-order valence-corrected chi connectivity index (χ4v) is 4.44. The minimum absolute atomic E-state index is 0.159. The van der Waals surface area contributed by atoms with Gasteiger partial charge in [-0.1, -0.05) is 11.3 Å². The zero-order valence-electron chi connectivity index (χ0n) is 14.1. The maximum Gasteiger partial charge on any atom is 0.193 e. The Labute approximate surface area is 152 Å². The topological polar surface area (TPSA) is 80.8 Å². The van der Waals surface area contributed by atoms with Gasteiger partial charge in [0.1, 0.15) is 16.0 Å². The van der Waals surface area contributed by atoms with Crippen molar-refractivity contribution in [2.24, 2.45) is 7.05 Å². The molecule has 0 spiro atoms. The fourth-order valence-electron chi connectivity index (χ4n) is 3.51. The summed E-state index contributed by atoms with van der Waals surface area (Å²) in [5.41, 5.74) is 1.31. The number of fused-ring (bicyclic) bond motifs is 2. The van der Waals surface area contributed by atoms with Gasteiger partial charge in [-0.2, -0.15) is 10.2 Å². The average Bonchev–Trinajstić information content (AvgIpc) is 3.31. The molecular formula is C17H17FN6OS. The van der Waals surface area contributed by atoms with Crippen molar-refractivity contribution < 1.29 is 9.50 Å². The van der Waals surface area contributed by atoms with E-state index < -0.39 is 11.6 Å². The molecule has 3 aromatic heterocycles. The van der Waals surface area contributed by atoms with Crippen molar-refractivity contribution in [3.63, 3.8) is 0 Å². The van der Waals surface area contributed by atoms with E-state index in [1.807, 2.05) is 10.9 Å². The van der Waals surface area contributed by atoms with E-state index in [0.29, 0.717) is 22.0 Å². The third-order valence-corrected chi connectivity index (χ3v) is 5.83. The molecule has 0 amide bonds. The number of hydrogen-bond acceptors (Lipinski definition) is 6. The molecule has 1 saturated heterocycles. The fraction of sp³-hybridized carbons (Fsp3) is 0.353. The summed E-state index contributed by atoms with van der Waals surface area (Å²) in [6.07, 6.45) is 5.76. The Hall–Kier alpha value is -2.52. The second kappa shape index (κ2) is 5.75. The number of hydrogen-bond donors (Lipinski definition) is 2. The molecule has 7 nitrogen and oxygen atoms in total. The van der Waals surface area contributed by atoms with Crippen LogP contribution >= 0.6 is 11.3 Å². The summed E-state index contributed by atoms with van der Waals surface area (Å²) in [7, 11) is 1.72. The zero-order chi connectivity index (χ0) is 17.8. The summed E-state index contributed by atoms with van der Waals surface area (Å²) in [6.45, 7) is 1.99. The molecule has 2 N–H and O–H groups in total. The summed E-state index contributed by atoms with van der Waals surface area (Å²) >= 11 is 1.36. The van der Waals surface area contributed by atoms with Crippen molar-refractivity contribution in [2.45, 2.75) is 18.9 Å². The number of halogens is 1. The SMILES string of the molecule is Cn1cc2cc(-c3nc4cn(C5CCNCC5)nc4s3)c(O)c(F)c2n1. The summed E-state index contributed by atoms with van der Waals surface area (Å²) in [5.74, 6) is -1.13. The van der Waals surface area contributed by atoms with Crippen molar-refractivity contribution in [1.82, 2.24) is 29.9 Å². The largest absolute Gasteiger partial charge is 0.504 e. The monoisotopic (exact) mass is 372 g/mol. The van der Waals surface area contributed by atoms with Gasteiger partial charge in [0.2, 0.25) is 0 Å². The number of piperidine rings is 1. The highest BCUT2D eigenvalue weighted by Gasteiger charge is 2.21. The molecule has 0 radical (unpaired) electrons. The Kier molecular flexibility index (Phi) is 3.47. The summed E-state index contributed by atoms with van der Waals surface area (Å²) < 4.78 is 18.0. The predicted octanol–water partition coefficient (Wildman–Crippen LogP) is 2.82. The molecule has 9 heteroatoms. The van der Waals surface area contributed by atoms with Crippen LogP contribution in [0.4, 0.5) is 4.39 Å². The molecule has 1 fully saturated rings. The van der Waals surface area contributed by atoms with Crippen molar-refractivity contribution >= 4 is 32.6 Å². The van der Waals surface area contributed by atoms with Crippen LogP contribution in [0, 0.1) is 5.82 Å². The lowest BCUT2D eigenvalue weighted by atomic mass is 10.1. The first-order valence-corrected chi connectivity index (χ1v) is 9.33. The second-order valence-corrected chi connectivity index (χ2v) is 7.60. The molecular weight excluding hydrogens is 355 g/mol. The van der Waals surface area contributed by atoms with Crippen LogP contribution in [0.15, 0.2) is 18.5 Å². The molecule has 5 rings (SSSR count). The number of phenols is 1. The van der Waals surface area contributed by atoms with Crippen molar-refractivity contribution in [2.75, 3.05) is 13.1 Å². The minimum atomic E-state index is -0.717. The first kappa shape index (κ1) is 15.7. The molecule has 1 aliphatic heterocycles. The van der Waals surface area contributed by atoms with Crippen molar-refractivity contribution in [3.05, 3.63) is 24.3 Å². The first-order valence-electron chi connectivity index (χ1n) is 8.52. The second-order valence-electron chi connectivity index (χ2n) is 6.63. The molecule has 26 heavy (non-hydrogen) atoms. The Balaban J connectivity index is 1.57. The summed E-state index contributed by atoms with van der Waals surface area (Å²) in [5, 5.41) is 23.5. The van der Waals surface area contributed by atoms with Crippen LogP contribution < -0.4 is 5.32 Å². The smallest absolute Gasteiger partial charge is 0.193 e. The molecule has 134 valence electrons. The molecule has 1 aromatic carbocycles. The third kappa shape index (κ3) is 2.38. The summed E-state index contributed by atoms with van der Waals surface area (Å²) in [4.78, 5) is 5.38. The van der Waals surface area contributed by atoms with Gasteiger partial charge in [0.25, 0.3) is 0 Å². The van der Waals surface area contributed by atoms with Gasteiger partial charge in [-0.25, -0.2) is 9.37 Å². The quantitative estimate of drug-likeness (QED) is 0.566. The van der Waals surface area contributed by atoms with Crippen molar-refractivity contribution in [1.29, 1.82) is 0 Å². The number of nitrogens with one attached hydrogen (secondary N) is 1. The number of phenolic OH excluding ortho intramolecular Hbond substituents is 1. The van der Waals surface area contributed by atoms with E-state index in [4.69, 9.17) is 0 Å². The Morgan fingerprint density at radius 3 is 2.85 bits per heavy atom. The van der Waals surface area contributed by atoms with Gasteiger partial charge in [-0.05, 0) is 32.0 Å². The standard InChI is InChI=1S/C17H17FN6OS/c1-23-7-9-6-11(15(25)13(18)14(9)21-23)16-20-12-8-24(22-17(12)26-16)10-2-4-19-5-3-10/h6-8,10,19,25H,2-5H2,1H3. The van der Waals surface area contributed by atoms with Crippen LogP contribution in [-0.2, 0) is 7.05 Å². The maximum absolute atomic E-state index is 14.5. The van der Waals surface area contributed by atoms with Gasteiger partial charge in [0.15, 0.2) is 16.4 Å². The van der Waals surface area contributed by atoms with E-state index in [0.717, 1.165) is 36.3 Å². The van der Waals surface area contributed by atoms with Gasteiger partial charge in [-0.3, -0.25) is 9.36 Å². The average molecular weight is 372 g/mol. The van der Waals surface area contributed by atoms with Crippen LogP contribution in [0.3, 0.4) is 0 Å². The lowest BCUT2D eigenvalue weighted by Crippen LogP contribution is -2.29. The molecule has 1 aliphatic rings. The Morgan fingerprint density at radius 1 is 1.27 bits per heavy atom. The number of nitrogens with zero attached hydrogens (tertiary/aromatic N) is 5. The molecule has 0 atom stereocenters. The predicted molar refractivity (Wildman–Crippen MR) is 97.9 cm³/mol. The lowest BCUT2D eigenvalue weighted by molar-refractivity contribution is 0.345.